The molecule has 0 aliphatic carbocycles. The number of fused-ring (bicyclic) bond motifs is 1. The minimum atomic E-state index is -4.36. The van der Waals surface area contributed by atoms with Gasteiger partial charge in [0.05, 0.1) is 0 Å². The molecule has 0 spiro atoms. The number of imidazole rings is 1. The van der Waals surface area contributed by atoms with Gasteiger partial charge in [0.2, 0.25) is 5.82 Å². The highest BCUT2D eigenvalue weighted by atomic mass is 19.4. The lowest BCUT2D eigenvalue weighted by Crippen LogP contribution is -2.33. The van der Waals surface area contributed by atoms with Gasteiger partial charge in [0, 0.05) is 24.5 Å². The predicted octanol–water partition coefficient (Wildman–Crippen LogP) is 1.81. The molecule has 0 fully saturated rings. The highest BCUT2D eigenvalue weighted by molar-refractivity contribution is 5.11. The monoisotopic (exact) mass is 233 g/mol. The Hall–Kier alpha value is -1.04. The predicted molar refractivity (Wildman–Crippen MR) is 52.7 cm³/mol. The van der Waals surface area contributed by atoms with E-state index in [1.807, 2.05) is 6.92 Å². The van der Waals surface area contributed by atoms with Crippen LogP contribution in [-0.4, -0.2) is 15.6 Å². The number of rotatable bonds is 1. The molecule has 16 heavy (non-hydrogen) atoms. The van der Waals surface area contributed by atoms with E-state index in [9.17, 15) is 13.2 Å². The number of halogens is 3. The van der Waals surface area contributed by atoms with E-state index in [1.54, 1.807) is 0 Å². The Bertz CT molecular complexity index is 381. The van der Waals surface area contributed by atoms with Crippen LogP contribution in [0.25, 0.3) is 0 Å². The minimum absolute atomic E-state index is 0.0120. The number of aromatic nitrogens is 2. The zero-order valence-electron chi connectivity index (χ0n) is 8.96. The Labute approximate surface area is 91.5 Å². The van der Waals surface area contributed by atoms with Crippen LogP contribution < -0.4 is 5.73 Å². The largest absolute Gasteiger partial charge is 0.449 e. The average Bonchev–Trinajstić information content (AvgIpc) is 2.58. The van der Waals surface area contributed by atoms with Crippen molar-refractivity contribution >= 4 is 0 Å². The fourth-order valence-electron chi connectivity index (χ4n) is 2.16. The third-order valence-corrected chi connectivity index (χ3v) is 3.13. The van der Waals surface area contributed by atoms with Gasteiger partial charge < -0.3 is 10.3 Å². The van der Waals surface area contributed by atoms with Crippen molar-refractivity contribution in [2.24, 2.45) is 11.7 Å². The number of alkyl halides is 3. The molecule has 2 unspecified atom stereocenters. The lowest BCUT2D eigenvalue weighted by Gasteiger charge is -2.27. The first-order valence-corrected chi connectivity index (χ1v) is 5.26. The van der Waals surface area contributed by atoms with Crippen molar-refractivity contribution in [3.05, 3.63) is 17.7 Å². The molecule has 1 aromatic heterocycles. The maximum absolute atomic E-state index is 12.6. The van der Waals surface area contributed by atoms with Gasteiger partial charge >= 0.3 is 6.18 Å². The van der Waals surface area contributed by atoms with Crippen molar-refractivity contribution in [1.29, 1.82) is 0 Å². The van der Waals surface area contributed by atoms with Gasteiger partial charge in [-0.25, -0.2) is 4.98 Å². The zero-order chi connectivity index (χ0) is 11.9. The normalized spacial score (nSPS) is 22.9. The van der Waals surface area contributed by atoms with E-state index in [1.165, 1.54) is 10.8 Å². The molecule has 2 heterocycles. The molecule has 0 saturated heterocycles. The minimum Gasteiger partial charge on any atom is -0.328 e. The van der Waals surface area contributed by atoms with Crippen molar-refractivity contribution in [1.82, 2.24) is 9.55 Å². The molecule has 0 bridgehead atoms. The Morgan fingerprint density at radius 1 is 1.56 bits per heavy atom. The van der Waals surface area contributed by atoms with Crippen molar-refractivity contribution in [3.8, 4) is 0 Å². The summed E-state index contributed by atoms with van der Waals surface area (Å²) in [5.41, 5.74) is 6.40. The van der Waals surface area contributed by atoms with Gasteiger partial charge in [-0.05, 0) is 25.7 Å². The van der Waals surface area contributed by atoms with Crippen LogP contribution in [-0.2, 0) is 19.1 Å². The number of hydrogen-bond donors (Lipinski definition) is 1. The molecule has 2 rings (SSSR count). The van der Waals surface area contributed by atoms with Crippen LogP contribution in [0.5, 0.6) is 0 Å². The molecule has 6 heteroatoms. The number of hydrogen-bond acceptors (Lipinski definition) is 2. The summed E-state index contributed by atoms with van der Waals surface area (Å²) in [5, 5.41) is 0. The van der Waals surface area contributed by atoms with Crippen LogP contribution in [0.4, 0.5) is 13.2 Å². The fourth-order valence-corrected chi connectivity index (χ4v) is 2.16. The summed E-state index contributed by atoms with van der Waals surface area (Å²) < 4.78 is 38.9. The molecule has 2 N–H and O–H groups in total. The van der Waals surface area contributed by atoms with E-state index in [0.29, 0.717) is 25.1 Å². The molecule has 0 aromatic carbocycles. The van der Waals surface area contributed by atoms with Gasteiger partial charge in [0.1, 0.15) is 0 Å². The van der Waals surface area contributed by atoms with Gasteiger partial charge in [0.15, 0.2) is 0 Å². The van der Waals surface area contributed by atoms with Crippen LogP contribution >= 0.6 is 0 Å². The second-order valence-electron chi connectivity index (χ2n) is 4.33. The average molecular weight is 233 g/mol. The summed E-state index contributed by atoms with van der Waals surface area (Å²) in [6.45, 7) is 2.25. The molecule has 0 radical (unpaired) electrons. The lowest BCUT2D eigenvalue weighted by atomic mass is 9.90. The molecule has 3 nitrogen and oxygen atoms in total. The maximum Gasteiger partial charge on any atom is 0.449 e. The Morgan fingerprint density at radius 3 is 2.81 bits per heavy atom. The van der Waals surface area contributed by atoms with Crippen molar-refractivity contribution < 1.29 is 13.2 Å². The number of nitrogens with zero attached hydrogens (tertiary/aromatic N) is 2. The molecular weight excluding hydrogens is 219 g/mol. The summed E-state index contributed by atoms with van der Waals surface area (Å²) >= 11 is 0. The second-order valence-corrected chi connectivity index (χ2v) is 4.33. The first-order chi connectivity index (χ1) is 7.39. The lowest BCUT2D eigenvalue weighted by molar-refractivity contribution is -0.147. The van der Waals surface area contributed by atoms with Crippen molar-refractivity contribution in [3.63, 3.8) is 0 Å². The molecule has 1 aliphatic heterocycles. The fraction of sp³-hybridized carbons (Fsp3) is 0.700. The Balaban J connectivity index is 2.27. The number of nitrogens with two attached hydrogens (primary N) is 1. The topological polar surface area (TPSA) is 43.8 Å². The SMILES string of the molecule is CC(N)C1CCn2c(cnc2C(F)(F)F)C1. The quantitative estimate of drug-likeness (QED) is 0.804. The van der Waals surface area contributed by atoms with E-state index in [2.05, 4.69) is 4.98 Å². The summed E-state index contributed by atoms with van der Waals surface area (Å²) in [4.78, 5) is 3.46. The zero-order valence-corrected chi connectivity index (χ0v) is 8.96. The van der Waals surface area contributed by atoms with Crippen LogP contribution in [0, 0.1) is 5.92 Å². The highest BCUT2D eigenvalue weighted by Gasteiger charge is 2.38. The van der Waals surface area contributed by atoms with Crippen LogP contribution in [0.2, 0.25) is 0 Å². The van der Waals surface area contributed by atoms with Crippen LogP contribution in [0.15, 0.2) is 6.20 Å². The molecule has 0 saturated carbocycles. The van der Waals surface area contributed by atoms with Crippen LogP contribution in [0.3, 0.4) is 0 Å². The van der Waals surface area contributed by atoms with E-state index >= 15 is 0 Å². The van der Waals surface area contributed by atoms with Gasteiger partial charge in [-0.15, -0.1) is 0 Å². The molecule has 90 valence electrons. The van der Waals surface area contributed by atoms with Gasteiger partial charge in [0.25, 0.3) is 0 Å². The first kappa shape index (κ1) is 11.4. The molecule has 2 atom stereocenters. The highest BCUT2D eigenvalue weighted by Crippen LogP contribution is 2.32. The standard InChI is InChI=1S/C10H14F3N3/c1-6(14)7-2-3-16-8(4-7)5-15-9(16)10(11,12)13/h5-7H,2-4,14H2,1H3. The third-order valence-electron chi connectivity index (χ3n) is 3.13. The third kappa shape index (κ3) is 1.93. The molecular formula is C10H14F3N3. The Morgan fingerprint density at radius 2 is 2.25 bits per heavy atom. The van der Waals surface area contributed by atoms with E-state index in [0.717, 1.165) is 0 Å². The first-order valence-electron chi connectivity index (χ1n) is 5.26. The van der Waals surface area contributed by atoms with E-state index < -0.39 is 12.0 Å². The van der Waals surface area contributed by atoms with E-state index in [4.69, 9.17) is 5.73 Å². The van der Waals surface area contributed by atoms with Gasteiger partial charge in [-0.3, -0.25) is 0 Å². The van der Waals surface area contributed by atoms with Crippen molar-refractivity contribution in [2.75, 3.05) is 0 Å². The summed E-state index contributed by atoms with van der Waals surface area (Å²) in [6, 6.07) is 0.0120. The second kappa shape index (κ2) is 3.76. The molecule has 1 aromatic rings. The summed E-state index contributed by atoms with van der Waals surface area (Å²) in [5.74, 6) is -0.532. The Kier molecular flexibility index (Phi) is 2.69. The van der Waals surface area contributed by atoms with Gasteiger partial charge in [-0.2, -0.15) is 13.2 Å². The summed E-state index contributed by atoms with van der Waals surface area (Å²) in [6.07, 6.45) is -1.78. The molecule has 0 amide bonds. The smallest absolute Gasteiger partial charge is 0.328 e. The van der Waals surface area contributed by atoms with Crippen molar-refractivity contribution in [2.45, 2.75) is 38.5 Å². The van der Waals surface area contributed by atoms with Gasteiger partial charge in [-0.1, -0.05) is 0 Å². The summed E-state index contributed by atoms with van der Waals surface area (Å²) in [7, 11) is 0. The van der Waals surface area contributed by atoms with E-state index in [-0.39, 0.29) is 12.0 Å². The maximum atomic E-state index is 12.6. The molecule has 1 aliphatic rings. The van der Waals surface area contributed by atoms with Crippen LogP contribution in [0.1, 0.15) is 24.9 Å².